The van der Waals surface area contributed by atoms with E-state index in [1.165, 1.54) is 0 Å². The molecule has 2 aromatic carbocycles. The molecule has 0 aromatic heterocycles. The van der Waals surface area contributed by atoms with E-state index in [1.54, 1.807) is 24.3 Å². The van der Waals surface area contributed by atoms with Gasteiger partial charge in [-0.15, -0.1) is 0 Å². The average Bonchev–Trinajstić information content (AvgIpc) is 3.11. The second-order valence-corrected chi connectivity index (χ2v) is 7.85. The maximum Gasteiger partial charge on any atom is 0.228 e. The summed E-state index contributed by atoms with van der Waals surface area (Å²) in [5, 5.41) is 3.40. The lowest BCUT2D eigenvalue weighted by molar-refractivity contribution is -0.115. The zero-order chi connectivity index (χ0) is 17.6. The summed E-state index contributed by atoms with van der Waals surface area (Å²) in [7, 11) is 0. The molecule has 1 atom stereocenters. The van der Waals surface area contributed by atoms with Crippen molar-refractivity contribution in [2.45, 2.75) is 23.8 Å². The van der Waals surface area contributed by atoms with Crippen LogP contribution < -0.4 is 10.1 Å². The first-order valence-electron chi connectivity index (χ1n) is 7.89. The van der Waals surface area contributed by atoms with Crippen molar-refractivity contribution in [2.24, 2.45) is 0 Å². The fraction of sp³-hybridized carbons (Fsp3) is 0.278. The van der Waals surface area contributed by atoms with Crippen LogP contribution in [0.2, 0.25) is 5.02 Å². The molecule has 0 bridgehead atoms. The van der Waals surface area contributed by atoms with Gasteiger partial charge in [-0.3, -0.25) is 4.79 Å². The van der Waals surface area contributed by atoms with Crippen LogP contribution in [0.1, 0.15) is 12.0 Å². The highest BCUT2D eigenvalue weighted by Gasteiger charge is 2.19. The molecule has 0 saturated carbocycles. The Morgan fingerprint density at radius 3 is 2.92 bits per heavy atom. The summed E-state index contributed by atoms with van der Waals surface area (Å²) in [6.45, 7) is 0. The van der Waals surface area contributed by atoms with E-state index in [4.69, 9.17) is 16.3 Å². The summed E-state index contributed by atoms with van der Waals surface area (Å²) in [5.41, 5.74) is 1.39. The molecule has 2 N–H and O–H groups in total. The van der Waals surface area contributed by atoms with Crippen molar-refractivity contribution in [3.05, 3.63) is 53.1 Å². The van der Waals surface area contributed by atoms with Crippen molar-refractivity contribution in [1.29, 1.82) is 0 Å². The van der Waals surface area contributed by atoms with E-state index in [9.17, 15) is 9.35 Å². The number of amides is 1. The molecule has 0 radical (unpaired) electrons. The fourth-order valence-electron chi connectivity index (χ4n) is 2.56. The van der Waals surface area contributed by atoms with Gasteiger partial charge in [0.25, 0.3) is 0 Å². The molecule has 2 aromatic rings. The first kappa shape index (κ1) is 18.5. The predicted molar refractivity (Wildman–Crippen MR) is 105 cm³/mol. The molecule has 4 nitrogen and oxygen atoms in total. The minimum atomic E-state index is -0.164. The summed E-state index contributed by atoms with van der Waals surface area (Å²) < 4.78 is 15.5. The van der Waals surface area contributed by atoms with E-state index in [-0.39, 0.29) is 18.4 Å². The summed E-state index contributed by atoms with van der Waals surface area (Å²) >= 11 is 8.57. The summed E-state index contributed by atoms with van der Waals surface area (Å²) in [6, 6.07) is 12.5. The SMILES string of the molecule is O=C(Cc1ccccc1Cl)Nc1ccc(OC2CCSC2)c(SO)c1. The van der Waals surface area contributed by atoms with Crippen molar-refractivity contribution < 1.29 is 14.1 Å². The molecule has 0 aliphatic carbocycles. The number of nitrogens with one attached hydrogen (secondary N) is 1. The molecule has 1 heterocycles. The van der Waals surface area contributed by atoms with Crippen LogP contribution in [0, 0.1) is 0 Å². The monoisotopic (exact) mass is 395 g/mol. The topological polar surface area (TPSA) is 58.6 Å². The number of carbonyl (C=O) groups is 1. The van der Waals surface area contributed by atoms with Crippen LogP contribution in [0.5, 0.6) is 5.75 Å². The third kappa shape index (κ3) is 5.07. The molecule has 1 aliphatic heterocycles. The Labute approximate surface area is 160 Å². The zero-order valence-corrected chi connectivity index (χ0v) is 15.8. The number of carbonyl (C=O) groups excluding carboxylic acids is 1. The molecule has 1 fully saturated rings. The third-order valence-corrected chi connectivity index (χ3v) is 5.83. The molecule has 7 heteroatoms. The molecule has 0 spiro atoms. The molecule has 25 heavy (non-hydrogen) atoms. The summed E-state index contributed by atoms with van der Waals surface area (Å²) in [4.78, 5) is 12.8. The number of halogens is 1. The number of benzene rings is 2. The van der Waals surface area contributed by atoms with E-state index in [1.807, 2.05) is 30.0 Å². The molecular weight excluding hydrogens is 378 g/mol. The van der Waals surface area contributed by atoms with Gasteiger partial charge >= 0.3 is 0 Å². The van der Waals surface area contributed by atoms with Gasteiger partial charge in [0.2, 0.25) is 5.91 Å². The second kappa shape index (κ2) is 8.85. The number of anilines is 1. The molecule has 3 rings (SSSR count). The Morgan fingerprint density at radius 1 is 1.36 bits per heavy atom. The van der Waals surface area contributed by atoms with E-state index in [0.717, 1.165) is 23.5 Å². The Hall–Kier alpha value is -1.34. The standard InChI is InChI=1S/C18H18ClNO3S2/c19-15-4-2-1-3-12(15)9-18(21)20-13-5-6-16(17(10-13)25-22)23-14-7-8-24-11-14/h1-6,10,14,22H,7-9,11H2,(H,20,21). The van der Waals surface area contributed by atoms with Crippen molar-refractivity contribution in [3.63, 3.8) is 0 Å². The highest BCUT2D eigenvalue weighted by molar-refractivity contribution is 7.99. The lowest BCUT2D eigenvalue weighted by Gasteiger charge is -2.16. The predicted octanol–water partition coefficient (Wildman–Crippen LogP) is 4.97. The van der Waals surface area contributed by atoms with Crippen LogP contribution in [0.4, 0.5) is 5.69 Å². The third-order valence-electron chi connectivity index (χ3n) is 3.82. The number of hydrogen-bond acceptors (Lipinski definition) is 5. The van der Waals surface area contributed by atoms with Gasteiger partial charge in [-0.25, -0.2) is 0 Å². The average molecular weight is 396 g/mol. The summed E-state index contributed by atoms with van der Waals surface area (Å²) in [5.74, 6) is 2.54. The van der Waals surface area contributed by atoms with E-state index in [0.29, 0.717) is 33.4 Å². The van der Waals surface area contributed by atoms with Gasteiger partial charge < -0.3 is 14.6 Å². The molecule has 1 aliphatic rings. The lowest BCUT2D eigenvalue weighted by atomic mass is 10.1. The second-order valence-electron chi connectivity index (χ2n) is 5.67. The van der Waals surface area contributed by atoms with E-state index >= 15 is 0 Å². The van der Waals surface area contributed by atoms with Crippen LogP contribution in [-0.4, -0.2) is 28.1 Å². The Balaban J connectivity index is 1.65. The van der Waals surface area contributed by atoms with Gasteiger partial charge in [0.15, 0.2) is 0 Å². The van der Waals surface area contributed by atoms with Gasteiger partial charge in [0.05, 0.1) is 11.3 Å². The van der Waals surface area contributed by atoms with Crippen LogP contribution in [0.3, 0.4) is 0 Å². The molecule has 1 amide bonds. The largest absolute Gasteiger partial charge is 0.488 e. The van der Waals surface area contributed by atoms with Gasteiger partial charge in [0.1, 0.15) is 11.9 Å². The van der Waals surface area contributed by atoms with E-state index < -0.39 is 0 Å². The van der Waals surface area contributed by atoms with Crippen molar-refractivity contribution in [2.75, 3.05) is 16.8 Å². The van der Waals surface area contributed by atoms with Gasteiger partial charge in [0, 0.05) is 28.5 Å². The number of rotatable bonds is 6. The first-order valence-corrected chi connectivity index (χ1v) is 10.2. The zero-order valence-electron chi connectivity index (χ0n) is 13.4. The molecule has 1 unspecified atom stereocenters. The number of thioether (sulfide) groups is 1. The highest BCUT2D eigenvalue weighted by Crippen LogP contribution is 2.33. The fourth-order valence-corrected chi connectivity index (χ4v) is 4.24. The van der Waals surface area contributed by atoms with E-state index in [2.05, 4.69) is 5.32 Å². The first-order chi connectivity index (χ1) is 12.2. The Kier molecular flexibility index (Phi) is 6.53. The Morgan fingerprint density at radius 2 is 2.20 bits per heavy atom. The quantitative estimate of drug-likeness (QED) is 0.676. The lowest BCUT2D eigenvalue weighted by Crippen LogP contribution is -2.16. The van der Waals surface area contributed by atoms with Gasteiger partial charge in [-0.1, -0.05) is 29.8 Å². The van der Waals surface area contributed by atoms with Crippen LogP contribution in [0.25, 0.3) is 0 Å². The smallest absolute Gasteiger partial charge is 0.228 e. The van der Waals surface area contributed by atoms with Crippen LogP contribution >= 0.6 is 35.4 Å². The number of hydrogen-bond donors (Lipinski definition) is 2. The van der Waals surface area contributed by atoms with Crippen molar-refractivity contribution in [3.8, 4) is 5.75 Å². The highest BCUT2D eigenvalue weighted by atomic mass is 35.5. The van der Waals surface area contributed by atoms with Crippen molar-refractivity contribution >= 4 is 47.0 Å². The molecule has 1 saturated heterocycles. The van der Waals surface area contributed by atoms with Crippen molar-refractivity contribution in [1.82, 2.24) is 0 Å². The minimum absolute atomic E-state index is 0.164. The Bertz CT molecular complexity index is 751. The van der Waals surface area contributed by atoms with Crippen LogP contribution in [0.15, 0.2) is 47.4 Å². The number of ether oxygens (including phenoxy) is 1. The van der Waals surface area contributed by atoms with Crippen LogP contribution in [-0.2, 0) is 11.2 Å². The normalized spacial score (nSPS) is 16.6. The molecular formula is C18H18ClNO3S2. The maximum atomic E-state index is 12.2. The van der Waals surface area contributed by atoms with Gasteiger partial charge in [-0.2, -0.15) is 11.8 Å². The summed E-state index contributed by atoms with van der Waals surface area (Å²) in [6.07, 6.45) is 1.38. The van der Waals surface area contributed by atoms with Gasteiger partial charge in [-0.05, 0) is 42.0 Å². The molecule has 132 valence electrons. The maximum absolute atomic E-state index is 12.2. The minimum Gasteiger partial charge on any atom is -0.488 e.